The van der Waals surface area contributed by atoms with Crippen molar-refractivity contribution in [3.8, 4) is 0 Å². The van der Waals surface area contributed by atoms with Gasteiger partial charge in [0.2, 0.25) is 0 Å². The van der Waals surface area contributed by atoms with E-state index in [1.807, 2.05) is 51.2 Å². The Kier molecular flexibility index (Phi) is 3.67. The number of rotatable bonds is 4. The summed E-state index contributed by atoms with van der Waals surface area (Å²) in [6, 6.07) is 9.87. The Morgan fingerprint density at radius 1 is 1.36 bits per heavy atom. The molecule has 1 aromatic carbocycles. The van der Waals surface area contributed by atoms with Crippen molar-refractivity contribution in [3.05, 3.63) is 35.9 Å². The van der Waals surface area contributed by atoms with Crippen molar-refractivity contribution in [3.63, 3.8) is 0 Å². The van der Waals surface area contributed by atoms with Crippen LogP contribution in [0.2, 0.25) is 0 Å². The van der Waals surface area contributed by atoms with Gasteiger partial charge in [-0.3, -0.25) is 0 Å². The summed E-state index contributed by atoms with van der Waals surface area (Å²) in [5, 5.41) is 13.6. The zero-order chi connectivity index (χ0) is 10.6. The maximum atomic E-state index is 10.5. The van der Waals surface area contributed by atoms with E-state index in [1.54, 1.807) is 0 Å². The van der Waals surface area contributed by atoms with Gasteiger partial charge in [0.1, 0.15) is 5.60 Å². The Hall–Kier alpha value is -0.860. The molecular weight excluding hydrogens is 174 g/mol. The highest BCUT2D eigenvalue weighted by molar-refractivity contribution is 5.23. The van der Waals surface area contributed by atoms with Crippen molar-refractivity contribution >= 4 is 0 Å². The monoisotopic (exact) mass is 193 g/mol. The summed E-state index contributed by atoms with van der Waals surface area (Å²) in [6.45, 7) is 4.00. The first-order valence-corrected chi connectivity index (χ1v) is 5.10. The lowest BCUT2D eigenvalue weighted by molar-refractivity contribution is 0.00108. The SMILES string of the molecule is CCC(O)(c1ccccc1)C(C)NC. The molecule has 1 aromatic rings. The first-order chi connectivity index (χ1) is 6.65. The predicted molar refractivity (Wildman–Crippen MR) is 59.2 cm³/mol. The van der Waals surface area contributed by atoms with Gasteiger partial charge in [0, 0.05) is 6.04 Å². The average molecular weight is 193 g/mol. The van der Waals surface area contributed by atoms with Crippen LogP contribution in [0.1, 0.15) is 25.8 Å². The van der Waals surface area contributed by atoms with Gasteiger partial charge in [-0.2, -0.15) is 0 Å². The minimum Gasteiger partial charge on any atom is -0.384 e. The average Bonchev–Trinajstić information content (AvgIpc) is 2.28. The lowest BCUT2D eigenvalue weighted by Crippen LogP contribution is -2.44. The Labute approximate surface area is 86.0 Å². The topological polar surface area (TPSA) is 32.3 Å². The van der Waals surface area contributed by atoms with E-state index in [2.05, 4.69) is 5.32 Å². The van der Waals surface area contributed by atoms with Crippen LogP contribution in [0.3, 0.4) is 0 Å². The highest BCUT2D eigenvalue weighted by atomic mass is 16.3. The van der Waals surface area contributed by atoms with Crippen LogP contribution in [0.25, 0.3) is 0 Å². The summed E-state index contributed by atoms with van der Waals surface area (Å²) in [7, 11) is 1.87. The first-order valence-electron chi connectivity index (χ1n) is 5.10. The summed E-state index contributed by atoms with van der Waals surface area (Å²) in [6.07, 6.45) is 0.707. The standard InChI is InChI=1S/C12H19NO/c1-4-12(14,10(2)13-3)11-8-6-5-7-9-11/h5-10,13-14H,4H2,1-3H3. The molecule has 0 aliphatic carbocycles. The molecule has 14 heavy (non-hydrogen) atoms. The zero-order valence-electron chi connectivity index (χ0n) is 9.12. The molecule has 0 aromatic heterocycles. The molecule has 0 aliphatic rings. The molecule has 2 nitrogen and oxygen atoms in total. The van der Waals surface area contributed by atoms with Crippen molar-refractivity contribution in [1.29, 1.82) is 0 Å². The highest BCUT2D eigenvalue weighted by Crippen LogP contribution is 2.28. The number of likely N-dealkylation sites (N-methyl/N-ethyl adjacent to an activating group) is 1. The first kappa shape index (κ1) is 11.2. The third kappa shape index (κ3) is 1.97. The van der Waals surface area contributed by atoms with Crippen LogP contribution in [0.4, 0.5) is 0 Å². The lowest BCUT2D eigenvalue weighted by Gasteiger charge is -2.33. The van der Waals surface area contributed by atoms with Crippen LogP contribution in [0.5, 0.6) is 0 Å². The fourth-order valence-electron chi connectivity index (χ4n) is 1.73. The van der Waals surface area contributed by atoms with E-state index in [1.165, 1.54) is 0 Å². The molecule has 0 saturated carbocycles. The molecular formula is C12H19NO. The molecule has 0 radical (unpaired) electrons. The molecule has 2 heteroatoms. The fourth-order valence-corrected chi connectivity index (χ4v) is 1.73. The van der Waals surface area contributed by atoms with Gasteiger partial charge in [-0.15, -0.1) is 0 Å². The molecule has 1 rings (SSSR count). The summed E-state index contributed by atoms with van der Waals surface area (Å²) in [4.78, 5) is 0. The van der Waals surface area contributed by atoms with E-state index in [4.69, 9.17) is 0 Å². The molecule has 2 unspecified atom stereocenters. The van der Waals surface area contributed by atoms with Gasteiger partial charge in [-0.1, -0.05) is 37.3 Å². The van der Waals surface area contributed by atoms with Crippen LogP contribution >= 0.6 is 0 Å². The van der Waals surface area contributed by atoms with Crippen LogP contribution in [-0.4, -0.2) is 18.2 Å². The second-order valence-electron chi connectivity index (χ2n) is 3.65. The maximum absolute atomic E-state index is 10.5. The van der Waals surface area contributed by atoms with Crippen molar-refractivity contribution < 1.29 is 5.11 Å². The minimum atomic E-state index is -0.768. The fraction of sp³-hybridized carbons (Fsp3) is 0.500. The molecule has 0 saturated heterocycles. The van der Waals surface area contributed by atoms with Gasteiger partial charge >= 0.3 is 0 Å². The van der Waals surface area contributed by atoms with E-state index in [0.29, 0.717) is 6.42 Å². The Morgan fingerprint density at radius 2 is 1.93 bits per heavy atom. The molecule has 0 spiro atoms. The second-order valence-corrected chi connectivity index (χ2v) is 3.65. The maximum Gasteiger partial charge on any atom is 0.104 e. The smallest absolute Gasteiger partial charge is 0.104 e. The number of hydrogen-bond donors (Lipinski definition) is 2. The molecule has 0 fully saturated rings. The van der Waals surface area contributed by atoms with Gasteiger partial charge in [0.05, 0.1) is 0 Å². The van der Waals surface area contributed by atoms with Crippen LogP contribution < -0.4 is 5.32 Å². The van der Waals surface area contributed by atoms with Crippen LogP contribution in [0, 0.1) is 0 Å². The molecule has 0 heterocycles. The summed E-state index contributed by atoms with van der Waals surface area (Å²) in [5.41, 5.74) is 0.208. The molecule has 78 valence electrons. The summed E-state index contributed by atoms with van der Waals surface area (Å²) in [5.74, 6) is 0. The van der Waals surface area contributed by atoms with Crippen molar-refractivity contribution in [2.24, 2.45) is 0 Å². The van der Waals surface area contributed by atoms with E-state index in [0.717, 1.165) is 5.56 Å². The van der Waals surface area contributed by atoms with Crippen molar-refractivity contribution in [2.75, 3.05) is 7.05 Å². The number of benzene rings is 1. The quantitative estimate of drug-likeness (QED) is 0.765. The van der Waals surface area contributed by atoms with Crippen molar-refractivity contribution in [1.82, 2.24) is 5.32 Å². The van der Waals surface area contributed by atoms with E-state index < -0.39 is 5.60 Å². The predicted octanol–water partition coefficient (Wildman–Crippen LogP) is 1.89. The lowest BCUT2D eigenvalue weighted by atomic mass is 9.85. The molecule has 0 bridgehead atoms. The van der Waals surface area contributed by atoms with Gasteiger partial charge in [0.15, 0.2) is 0 Å². The van der Waals surface area contributed by atoms with E-state index in [9.17, 15) is 5.11 Å². The van der Waals surface area contributed by atoms with Gasteiger partial charge in [-0.05, 0) is 26.0 Å². The highest BCUT2D eigenvalue weighted by Gasteiger charge is 2.32. The largest absolute Gasteiger partial charge is 0.384 e. The number of aliphatic hydroxyl groups is 1. The third-order valence-electron chi connectivity index (χ3n) is 2.96. The second kappa shape index (κ2) is 4.58. The minimum absolute atomic E-state index is 0.0508. The van der Waals surface area contributed by atoms with Gasteiger partial charge in [0.25, 0.3) is 0 Å². The van der Waals surface area contributed by atoms with E-state index >= 15 is 0 Å². The Balaban J connectivity index is 3.01. The number of hydrogen-bond acceptors (Lipinski definition) is 2. The molecule has 0 aliphatic heterocycles. The van der Waals surface area contributed by atoms with E-state index in [-0.39, 0.29) is 6.04 Å². The Morgan fingerprint density at radius 3 is 2.36 bits per heavy atom. The molecule has 2 atom stereocenters. The normalized spacial score (nSPS) is 17.4. The zero-order valence-corrected chi connectivity index (χ0v) is 9.12. The summed E-state index contributed by atoms with van der Waals surface area (Å²) >= 11 is 0. The van der Waals surface area contributed by atoms with Crippen molar-refractivity contribution in [2.45, 2.75) is 31.9 Å². The summed E-state index contributed by atoms with van der Waals surface area (Å²) < 4.78 is 0. The number of nitrogens with one attached hydrogen (secondary N) is 1. The third-order valence-corrected chi connectivity index (χ3v) is 2.96. The van der Waals surface area contributed by atoms with Gasteiger partial charge < -0.3 is 10.4 Å². The van der Waals surface area contributed by atoms with Crippen LogP contribution in [-0.2, 0) is 5.60 Å². The van der Waals surface area contributed by atoms with Crippen LogP contribution in [0.15, 0.2) is 30.3 Å². The molecule has 2 N–H and O–H groups in total. The van der Waals surface area contributed by atoms with Gasteiger partial charge in [-0.25, -0.2) is 0 Å². The molecule has 0 amide bonds. The Bertz CT molecular complexity index is 273.